The van der Waals surface area contributed by atoms with Crippen LogP contribution in [-0.4, -0.2) is 15.2 Å². The highest BCUT2D eigenvalue weighted by Gasteiger charge is 2.69. The molecule has 0 saturated carbocycles. The summed E-state index contributed by atoms with van der Waals surface area (Å²) in [5, 5.41) is 1.55. The highest BCUT2D eigenvalue weighted by atomic mass is 28.3. The molecule has 3 atom stereocenters. The van der Waals surface area contributed by atoms with Gasteiger partial charge >= 0.3 is 0 Å². The largest absolute Gasteiger partial charge is 0.501 e. The lowest BCUT2D eigenvalue weighted by molar-refractivity contribution is -0.0845. The van der Waals surface area contributed by atoms with Gasteiger partial charge in [-0.05, 0) is 59.9 Å². The molecule has 1 saturated heterocycles. The monoisotopic (exact) mass is 340 g/mol. The minimum absolute atomic E-state index is 0.00291. The van der Waals surface area contributed by atoms with E-state index in [-0.39, 0.29) is 11.2 Å². The second-order valence-corrected chi connectivity index (χ2v) is 14.2. The fourth-order valence-corrected chi connectivity index (χ4v) is 8.98. The molecule has 1 fully saturated rings. The van der Waals surface area contributed by atoms with Crippen LogP contribution in [0.25, 0.3) is 0 Å². The van der Waals surface area contributed by atoms with Crippen LogP contribution in [0.2, 0.25) is 19.6 Å². The number of ether oxygens (including phenoxy) is 2. The molecule has 2 heterocycles. The Kier molecular flexibility index (Phi) is 2.89. The first kappa shape index (κ1) is 15.2. The first-order chi connectivity index (χ1) is 11.4. The van der Waals surface area contributed by atoms with Crippen LogP contribution in [0.4, 0.5) is 0 Å². The predicted molar refractivity (Wildman–Crippen MR) is 98.5 cm³/mol. The Hall–Kier alpha value is -1.06. The summed E-state index contributed by atoms with van der Waals surface area (Å²) in [6.07, 6.45) is 7.22. The first-order valence-electron chi connectivity index (χ1n) is 9.53. The Bertz CT molecular complexity index is 760. The van der Waals surface area contributed by atoms with Crippen molar-refractivity contribution in [1.82, 2.24) is 0 Å². The molecule has 2 spiro atoms. The zero-order valence-electron chi connectivity index (χ0n) is 15.4. The number of aryl methyl sites for hydroxylation is 1. The van der Waals surface area contributed by atoms with Gasteiger partial charge in [0, 0.05) is 6.42 Å². The van der Waals surface area contributed by atoms with Crippen molar-refractivity contribution in [3.63, 3.8) is 0 Å². The SMILES string of the molecule is COC1=C([Si](C)(C)C)[C@@]23O[C@]4(CCCc5cccc2c54)C[C@@H]3CC1. The van der Waals surface area contributed by atoms with Crippen molar-refractivity contribution in [2.45, 2.75) is 69.4 Å². The van der Waals surface area contributed by atoms with Gasteiger partial charge < -0.3 is 9.47 Å². The van der Waals surface area contributed by atoms with Crippen LogP contribution in [-0.2, 0) is 27.1 Å². The molecule has 0 aromatic heterocycles. The smallest absolute Gasteiger partial charge is 0.119 e. The summed E-state index contributed by atoms with van der Waals surface area (Å²) in [7, 11) is 0.286. The Morgan fingerprint density at radius 3 is 2.79 bits per heavy atom. The van der Waals surface area contributed by atoms with E-state index in [0.717, 1.165) is 6.42 Å². The fraction of sp³-hybridized carbons (Fsp3) is 0.619. The lowest BCUT2D eigenvalue weighted by Gasteiger charge is -2.45. The van der Waals surface area contributed by atoms with E-state index in [1.54, 1.807) is 16.3 Å². The number of benzene rings is 1. The first-order valence-corrected chi connectivity index (χ1v) is 13.0. The van der Waals surface area contributed by atoms with Gasteiger partial charge in [-0.1, -0.05) is 37.8 Å². The predicted octanol–water partition coefficient (Wildman–Crippen LogP) is 5.04. The maximum atomic E-state index is 7.17. The zero-order chi connectivity index (χ0) is 16.7. The summed E-state index contributed by atoms with van der Waals surface area (Å²) in [6.45, 7) is 7.38. The minimum Gasteiger partial charge on any atom is -0.501 e. The molecule has 0 unspecified atom stereocenters. The second-order valence-electron chi connectivity index (χ2n) is 9.22. The molecule has 128 valence electrons. The lowest BCUT2D eigenvalue weighted by Crippen LogP contribution is -2.47. The highest BCUT2D eigenvalue weighted by Crippen LogP contribution is 2.70. The number of hydrogen-bond acceptors (Lipinski definition) is 2. The average Bonchev–Trinajstić information content (AvgIpc) is 3.01. The van der Waals surface area contributed by atoms with E-state index in [1.165, 1.54) is 43.4 Å². The lowest BCUT2D eigenvalue weighted by atomic mass is 9.63. The van der Waals surface area contributed by atoms with Crippen LogP contribution in [0, 0.1) is 5.92 Å². The van der Waals surface area contributed by atoms with E-state index in [9.17, 15) is 0 Å². The van der Waals surface area contributed by atoms with Crippen molar-refractivity contribution in [2.24, 2.45) is 5.92 Å². The van der Waals surface area contributed by atoms with Crippen molar-refractivity contribution in [1.29, 1.82) is 0 Å². The van der Waals surface area contributed by atoms with Crippen molar-refractivity contribution in [2.75, 3.05) is 7.11 Å². The van der Waals surface area contributed by atoms with Crippen molar-refractivity contribution in [3.05, 3.63) is 45.8 Å². The molecule has 2 bridgehead atoms. The molecule has 0 N–H and O–H groups in total. The molecule has 4 aliphatic rings. The maximum absolute atomic E-state index is 7.17. The van der Waals surface area contributed by atoms with Gasteiger partial charge in [0.2, 0.25) is 0 Å². The molecule has 1 aromatic rings. The average molecular weight is 341 g/mol. The van der Waals surface area contributed by atoms with Gasteiger partial charge in [-0.25, -0.2) is 0 Å². The summed E-state index contributed by atoms with van der Waals surface area (Å²) in [5.41, 5.74) is 4.45. The Labute approximate surface area is 146 Å². The highest BCUT2D eigenvalue weighted by molar-refractivity contribution is 6.83. The number of methoxy groups -OCH3 is 1. The van der Waals surface area contributed by atoms with Gasteiger partial charge in [-0.2, -0.15) is 0 Å². The van der Waals surface area contributed by atoms with Gasteiger partial charge in [-0.15, -0.1) is 0 Å². The van der Waals surface area contributed by atoms with E-state index < -0.39 is 8.07 Å². The third-order valence-electron chi connectivity index (χ3n) is 6.91. The van der Waals surface area contributed by atoms with Gasteiger partial charge in [0.15, 0.2) is 0 Å². The van der Waals surface area contributed by atoms with Gasteiger partial charge in [0.05, 0.1) is 26.5 Å². The molecule has 24 heavy (non-hydrogen) atoms. The van der Waals surface area contributed by atoms with Crippen LogP contribution < -0.4 is 0 Å². The van der Waals surface area contributed by atoms with Crippen LogP contribution in [0.1, 0.15) is 48.8 Å². The third kappa shape index (κ3) is 1.61. The van der Waals surface area contributed by atoms with Crippen molar-refractivity contribution < 1.29 is 9.47 Å². The fourth-order valence-electron chi connectivity index (χ4n) is 6.41. The van der Waals surface area contributed by atoms with Gasteiger partial charge in [-0.3, -0.25) is 0 Å². The molecule has 3 heteroatoms. The van der Waals surface area contributed by atoms with Gasteiger partial charge in [0.25, 0.3) is 0 Å². The Morgan fingerprint density at radius 1 is 1.21 bits per heavy atom. The zero-order valence-corrected chi connectivity index (χ0v) is 16.4. The number of hydrogen-bond donors (Lipinski definition) is 0. The van der Waals surface area contributed by atoms with E-state index in [2.05, 4.69) is 37.8 Å². The summed E-state index contributed by atoms with van der Waals surface area (Å²) >= 11 is 0. The quantitative estimate of drug-likeness (QED) is 0.703. The van der Waals surface area contributed by atoms with E-state index in [1.807, 2.05) is 7.11 Å². The van der Waals surface area contributed by atoms with Crippen molar-refractivity contribution >= 4 is 8.07 Å². The van der Waals surface area contributed by atoms with Crippen LogP contribution >= 0.6 is 0 Å². The molecule has 0 radical (unpaired) electrons. The Morgan fingerprint density at radius 2 is 2.04 bits per heavy atom. The Balaban J connectivity index is 1.84. The second kappa shape index (κ2) is 4.56. The number of rotatable bonds is 2. The van der Waals surface area contributed by atoms with Crippen LogP contribution in [0.5, 0.6) is 0 Å². The molecule has 2 nitrogen and oxygen atoms in total. The minimum atomic E-state index is -1.57. The van der Waals surface area contributed by atoms with Gasteiger partial charge in [0.1, 0.15) is 5.60 Å². The summed E-state index contributed by atoms with van der Waals surface area (Å²) in [5.74, 6) is 1.87. The normalized spacial score (nSPS) is 36.6. The van der Waals surface area contributed by atoms with Crippen LogP contribution in [0.3, 0.4) is 0 Å². The molecule has 2 aliphatic carbocycles. The summed E-state index contributed by atoms with van der Waals surface area (Å²) < 4.78 is 13.1. The summed E-state index contributed by atoms with van der Waals surface area (Å²) in [4.78, 5) is 0. The van der Waals surface area contributed by atoms with E-state index in [4.69, 9.17) is 9.47 Å². The van der Waals surface area contributed by atoms with Crippen molar-refractivity contribution in [3.8, 4) is 0 Å². The third-order valence-corrected chi connectivity index (χ3v) is 9.06. The molecule has 0 amide bonds. The van der Waals surface area contributed by atoms with Crippen LogP contribution in [0.15, 0.2) is 29.2 Å². The molecular weight excluding hydrogens is 312 g/mol. The topological polar surface area (TPSA) is 18.5 Å². The molecule has 1 aromatic carbocycles. The molecule has 2 aliphatic heterocycles. The number of allylic oxidation sites excluding steroid dienone is 1. The maximum Gasteiger partial charge on any atom is 0.119 e. The van der Waals surface area contributed by atoms with E-state index >= 15 is 0 Å². The molecular formula is C21H28O2Si. The van der Waals surface area contributed by atoms with E-state index in [0.29, 0.717) is 5.92 Å². The standard InChI is InChI=1S/C21H28O2Si/c1-22-17-11-10-15-13-20-12-6-8-14-7-5-9-16(18(14)20)21(15,23-20)19(17)24(2,3)4/h5,7,9,15H,6,8,10-13H2,1-4H3/t15-,20+,21-/m0/s1. The summed E-state index contributed by atoms with van der Waals surface area (Å²) in [6, 6.07) is 6.98. The molecule has 5 rings (SSSR count).